The minimum Gasteiger partial charge on any atom is -0.468 e. The monoisotopic (exact) mass is 362 g/mol. The molecule has 1 aliphatic heterocycles. The van der Waals surface area contributed by atoms with Crippen LogP contribution in [0.1, 0.15) is 46.0 Å². The maximum Gasteiger partial charge on any atom is 0.320 e. The fourth-order valence-electron chi connectivity index (χ4n) is 3.52. The number of ether oxygens (including phenoxy) is 2. The first-order valence-corrected chi connectivity index (χ1v) is 9.57. The van der Waals surface area contributed by atoms with Gasteiger partial charge in [0.05, 0.1) is 13.2 Å². The molecule has 3 rings (SSSR count). The molecule has 144 valence electrons. The molecule has 8 heteroatoms. The second kappa shape index (κ2) is 8.53. The van der Waals surface area contributed by atoms with Gasteiger partial charge in [-0.3, -0.25) is 4.57 Å². The second-order valence-electron chi connectivity index (χ2n) is 7.03. The van der Waals surface area contributed by atoms with E-state index in [0.717, 1.165) is 38.9 Å². The van der Waals surface area contributed by atoms with Gasteiger partial charge in [-0.05, 0) is 51.6 Å². The lowest BCUT2D eigenvalue weighted by atomic mass is 9.96. The molecule has 3 heterocycles. The Morgan fingerprint density at radius 2 is 2.19 bits per heavy atom. The van der Waals surface area contributed by atoms with Crippen molar-refractivity contribution in [1.82, 2.24) is 24.8 Å². The third-order valence-electron chi connectivity index (χ3n) is 4.91. The smallest absolute Gasteiger partial charge is 0.320 e. The lowest BCUT2D eigenvalue weighted by Gasteiger charge is -2.23. The molecule has 8 nitrogen and oxygen atoms in total. The van der Waals surface area contributed by atoms with E-state index >= 15 is 0 Å². The van der Waals surface area contributed by atoms with Crippen molar-refractivity contribution in [3.05, 3.63) is 0 Å². The molecule has 0 radical (unpaired) electrons. The quantitative estimate of drug-likeness (QED) is 0.743. The highest BCUT2D eigenvalue weighted by Crippen LogP contribution is 2.27. The molecule has 1 aliphatic rings. The van der Waals surface area contributed by atoms with Crippen LogP contribution in [0.15, 0.2) is 0 Å². The van der Waals surface area contributed by atoms with E-state index in [-0.39, 0.29) is 6.10 Å². The van der Waals surface area contributed by atoms with Gasteiger partial charge in [0.25, 0.3) is 6.01 Å². The molecular formula is C18H30N6O2. The molecule has 0 amide bonds. The third-order valence-corrected chi connectivity index (χ3v) is 4.91. The number of methoxy groups -OCH3 is 1. The van der Waals surface area contributed by atoms with Crippen molar-refractivity contribution in [2.24, 2.45) is 5.92 Å². The zero-order valence-corrected chi connectivity index (χ0v) is 16.0. The van der Waals surface area contributed by atoms with Gasteiger partial charge >= 0.3 is 6.01 Å². The number of nitrogens with one attached hydrogen (secondary N) is 1. The molecule has 1 fully saturated rings. The number of nitrogen functional groups attached to an aromatic ring is 1. The van der Waals surface area contributed by atoms with E-state index < -0.39 is 0 Å². The number of aromatic nitrogens is 4. The van der Waals surface area contributed by atoms with E-state index in [2.05, 4.69) is 27.2 Å². The van der Waals surface area contributed by atoms with E-state index in [9.17, 15) is 0 Å². The summed E-state index contributed by atoms with van der Waals surface area (Å²) >= 11 is 0. The van der Waals surface area contributed by atoms with Crippen LogP contribution >= 0.6 is 0 Å². The van der Waals surface area contributed by atoms with Crippen molar-refractivity contribution in [3.8, 4) is 12.0 Å². The van der Waals surface area contributed by atoms with Crippen molar-refractivity contribution in [1.29, 1.82) is 0 Å². The summed E-state index contributed by atoms with van der Waals surface area (Å²) in [6.07, 6.45) is 5.56. The molecule has 2 aromatic heterocycles. The molecule has 0 aliphatic carbocycles. The molecule has 2 aromatic rings. The van der Waals surface area contributed by atoms with Crippen LogP contribution in [0.25, 0.3) is 11.2 Å². The SMILES string of the molecule is CCCC(C)Oc1nc(N)c2nc(OC)n(CCC3CCCNC3)c2n1. The molecule has 0 bridgehead atoms. The number of rotatable bonds is 8. The average Bonchev–Trinajstić information content (AvgIpc) is 2.99. The van der Waals surface area contributed by atoms with Crippen molar-refractivity contribution in [2.75, 3.05) is 25.9 Å². The Morgan fingerprint density at radius 1 is 1.35 bits per heavy atom. The van der Waals surface area contributed by atoms with Gasteiger partial charge in [0, 0.05) is 6.54 Å². The fraction of sp³-hybridized carbons (Fsp3) is 0.722. The summed E-state index contributed by atoms with van der Waals surface area (Å²) in [4.78, 5) is 13.3. The number of aryl methyl sites for hydroxylation is 1. The summed E-state index contributed by atoms with van der Waals surface area (Å²) in [6, 6.07) is 0.822. The number of fused-ring (bicyclic) bond motifs is 1. The molecular weight excluding hydrogens is 332 g/mol. The number of piperidine rings is 1. The van der Waals surface area contributed by atoms with Gasteiger partial charge in [0.1, 0.15) is 0 Å². The van der Waals surface area contributed by atoms with Crippen LogP contribution < -0.4 is 20.5 Å². The van der Waals surface area contributed by atoms with Crippen LogP contribution in [0.5, 0.6) is 12.0 Å². The number of hydrogen-bond acceptors (Lipinski definition) is 7. The molecule has 1 saturated heterocycles. The van der Waals surface area contributed by atoms with E-state index in [1.54, 1.807) is 7.11 Å². The zero-order chi connectivity index (χ0) is 18.5. The Balaban J connectivity index is 1.85. The summed E-state index contributed by atoms with van der Waals surface area (Å²) < 4.78 is 13.3. The maximum absolute atomic E-state index is 6.11. The van der Waals surface area contributed by atoms with Gasteiger partial charge in [-0.2, -0.15) is 15.0 Å². The first-order valence-electron chi connectivity index (χ1n) is 9.57. The summed E-state index contributed by atoms with van der Waals surface area (Å²) in [5.74, 6) is 0.982. The summed E-state index contributed by atoms with van der Waals surface area (Å²) in [7, 11) is 1.62. The molecule has 0 aromatic carbocycles. The van der Waals surface area contributed by atoms with E-state index in [1.807, 2.05) is 11.5 Å². The van der Waals surface area contributed by atoms with E-state index in [4.69, 9.17) is 15.2 Å². The molecule has 2 unspecified atom stereocenters. The third kappa shape index (κ3) is 4.17. The van der Waals surface area contributed by atoms with Crippen molar-refractivity contribution >= 4 is 17.0 Å². The molecule has 26 heavy (non-hydrogen) atoms. The van der Waals surface area contributed by atoms with Gasteiger partial charge in [-0.15, -0.1) is 0 Å². The topological polar surface area (TPSA) is 100 Å². The van der Waals surface area contributed by atoms with Gasteiger partial charge in [0.15, 0.2) is 17.0 Å². The second-order valence-corrected chi connectivity index (χ2v) is 7.03. The summed E-state index contributed by atoms with van der Waals surface area (Å²) in [6.45, 7) is 7.11. The fourth-order valence-corrected chi connectivity index (χ4v) is 3.52. The summed E-state index contributed by atoms with van der Waals surface area (Å²) in [5, 5.41) is 3.46. The average molecular weight is 362 g/mol. The Labute approximate surface area is 154 Å². The van der Waals surface area contributed by atoms with Gasteiger partial charge in [-0.1, -0.05) is 13.3 Å². The van der Waals surface area contributed by atoms with Gasteiger partial charge in [0.2, 0.25) is 0 Å². The zero-order valence-electron chi connectivity index (χ0n) is 16.0. The molecule has 3 N–H and O–H groups in total. The summed E-state index contributed by atoms with van der Waals surface area (Å²) in [5.41, 5.74) is 7.36. The number of anilines is 1. The lowest BCUT2D eigenvalue weighted by molar-refractivity contribution is 0.193. The standard InChI is InChI=1S/C18H30N6O2/c1-4-6-12(2)26-17-22-15(19)14-16(23-17)24(18(21-14)25-3)10-8-13-7-5-9-20-11-13/h12-13,20H,4-11H2,1-3H3,(H2,19,22,23). The normalized spacial score (nSPS) is 18.8. The van der Waals surface area contributed by atoms with Crippen LogP contribution in [0, 0.1) is 5.92 Å². The van der Waals surface area contributed by atoms with Crippen LogP contribution in [0.3, 0.4) is 0 Å². The maximum atomic E-state index is 6.11. The Morgan fingerprint density at radius 3 is 2.88 bits per heavy atom. The number of imidazole rings is 1. The minimum absolute atomic E-state index is 0.0448. The van der Waals surface area contributed by atoms with Crippen LogP contribution in [0.2, 0.25) is 0 Å². The Kier molecular flexibility index (Phi) is 6.13. The lowest BCUT2D eigenvalue weighted by Crippen LogP contribution is -2.30. The molecule has 0 saturated carbocycles. The van der Waals surface area contributed by atoms with Crippen molar-refractivity contribution in [2.45, 2.75) is 58.6 Å². The molecule has 2 atom stereocenters. The highest BCUT2D eigenvalue weighted by molar-refractivity contribution is 5.83. The van der Waals surface area contributed by atoms with Crippen molar-refractivity contribution < 1.29 is 9.47 Å². The largest absolute Gasteiger partial charge is 0.468 e. The Hall–Kier alpha value is -2.09. The van der Waals surface area contributed by atoms with Crippen LogP contribution in [-0.4, -0.2) is 45.8 Å². The highest BCUT2D eigenvalue weighted by Gasteiger charge is 2.20. The van der Waals surface area contributed by atoms with Crippen LogP contribution in [0.4, 0.5) is 5.82 Å². The number of hydrogen-bond donors (Lipinski definition) is 2. The first-order chi connectivity index (χ1) is 12.6. The highest BCUT2D eigenvalue weighted by atomic mass is 16.5. The predicted molar refractivity (Wildman–Crippen MR) is 101 cm³/mol. The molecule has 0 spiro atoms. The minimum atomic E-state index is 0.0448. The first kappa shape index (κ1) is 18.7. The van der Waals surface area contributed by atoms with Gasteiger partial charge < -0.3 is 20.5 Å². The van der Waals surface area contributed by atoms with Crippen LogP contribution in [-0.2, 0) is 6.54 Å². The van der Waals surface area contributed by atoms with Crippen molar-refractivity contribution in [3.63, 3.8) is 0 Å². The Bertz CT molecular complexity index is 726. The van der Waals surface area contributed by atoms with E-state index in [1.165, 1.54) is 12.8 Å². The predicted octanol–water partition coefficient (Wildman–Crippen LogP) is 2.37. The van der Waals surface area contributed by atoms with Gasteiger partial charge in [-0.25, -0.2) is 0 Å². The number of nitrogens with zero attached hydrogens (tertiary/aromatic N) is 4. The number of nitrogens with two attached hydrogens (primary N) is 1. The van der Waals surface area contributed by atoms with E-state index in [0.29, 0.717) is 34.9 Å².